The highest BCUT2D eigenvalue weighted by Crippen LogP contribution is 2.48. The maximum absolute atomic E-state index is 6.79. The summed E-state index contributed by atoms with van der Waals surface area (Å²) in [4.78, 5) is 4.90. The largest absolute Gasteiger partial charge is 0.311 e. The summed E-state index contributed by atoms with van der Waals surface area (Å²) in [7, 11) is 6.79. The van der Waals surface area contributed by atoms with Crippen LogP contribution in [-0.4, -0.2) is 14.6 Å². The van der Waals surface area contributed by atoms with E-state index in [1.807, 2.05) is 0 Å². The molecule has 0 aliphatic carbocycles. The lowest BCUT2D eigenvalue weighted by molar-refractivity contribution is 0.764. The van der Waals surface area contributed by atoms with Gasteiger partial charge in [0.25, 0.3) is 6.71 Å². The fourth-order valence-corrected chi connectivity index (χ4v) is 6.64. The maximum Gasteiger partial charge on any atom is 0.253 e. The molecular formula is C33H24B2N2. The van der Waals surface area contributed by atoms with Gasteiger partial charge in [0.15, 0.2) is 0 Å². The van der Waals surface area contributed by atoms with Gasteiger partial charge in [-0.1, -0.05) is 74.5 Å². The number of hydrogen-bond acceptors (Lipinski definition) is 2. The second kappa shape index (κ2) is 7.20. The lowest BCUT2D eigenvalue weighted by Crippen LogP contribution is -2.59. The van der Waals surface area contributed by atoms with Crippen molar-refractivity contribution in [1.29, 1.82) is 0 Å². The van der Waals surface area contributed by atoms with Crippen LogP contribution in [0, 0.1) is 0 Å². The highest BCUT2D eigenvalue weighted by Gasteiger charge is 2.49. The topological polar surface area (TPSA) is 6.48 Å². The Morgan fingerprint density at radius 3 is 1.43 bits per heavy atom. The van der Waals surface area contributed by atoms with Crippen molar-refractivity contribution >= 4 is 65.1 Å². The number of anilines is 6. The van der Waals surface area contributed by atoms with Gasteiger partial charge in [-0.2, -0.15) is 0 Å². The van der Waals surface area contributed by atoms with Gasteiger partial charge >= 0.3 is 0 Å². The van der Waals surface area contributed by atoms with Crippen molar-refractivity contribution in [2.45, 2.75) is 19.2 Å². The van der Waals surface area contributed by atoms with Gasteiger partial charge in [0.05, 0.1) is 7.85 Å². The highest BCUT2D eigenvalue weighted by molar-refractivity contribution is 7.03. The average molecular weight is 470 g/mol. The van der Waals surface area contributed by atoms with E-state index in [0.717, 1.165) is 16.9 Å². The van der Waals surface area contributed by atoms with Crippen LogP contribution in [0.25, 0.3) is 11.1 Å². The summed E-state index contributed by atoms with van der Waals surface area (Å²) in [5.41, 5.74) is 15.3. The zero-order valence-electron chi connectivity index (χ0n) is 20.9. The number of fused-ring (bicyclic) bond motifs is 1. The van der Waals surface area contributed by atoms with Crippen LogP contribution in [0.4, 0.5) is 34.1 Å². The van der Waals surface area contributed by atoms with Crippen molar-refractivity contribution in [2.75, 3.05) is 9.80 Å². The van der Waals surface area contributed by atoms with Crippen LogP contribution in [0.1, 0.15) is 19.4 Å². The molecule has 0 spiro atoms. The molecule has 3 heterocycles. The van der Waals surface area contributed by atoms with E-state index in [9.17, 15) is 0 Å². The summed E-state index contributed by atoms with van der Waals surface area (Å²) in [5.74, 6) is 0. The number of nitrogens with zero attached hydrogens (tertiary/aromatic N) is 2. The van der Waals surface area contributed by atoms with Gasteiger partial charge in [-0.3, -0.25) is 0 Å². The first kappa shape index (κ1) is 21.0. The standard InChI is InChI=1S/C33H24B2N2/c1-33(2,34)21-19-28-32-29(20-21)37(23-13-7-4-8-14-23)27-18-10-16-25-24-15-9-17-26(30(24)35(32)31(25)27)36(28)22-11-5-3-6-12-22/h3-20H,1-2H3. The Bertz CT molecular complexity index is 1600. The number of benzene rings is 5. The minimum Gasteiger partial charge on any atom is -0.311 e. The van der Waals surface area contributed by atoms with Gasteiger partial charge in [-0.05, 0) is 86.9 Å². The fraction of sp³-hybridized carbons (Fsp3) is 0.0909. The molecule has 5 aromatic rings. The average Bonchev–Trinajstić information content (AvgIpc) is 3.26. The number of hydrogen-bond donors (Lipinski definition) is 0. The minimum atomic E-state index is -0.490. The fourth-order valence-electron chi connectivity index (χ4n) is 6.64. The van der Waals surface area contributed by atoms with Gasteiger partial charge in [0, 0.05) is 34.1 Å². The summed E-state index contributed by atoms with van der Waals surface area (Å²) in [5, 5.41) is -0.490. The maximum atomic E-state index is 6.79. The van der Waals surface area contributed by atoms with Crippen molar-refractivity contribution in [1.82, 2.24) is 0 Å². The molecule has 37 heavy (non-hydrogen) atoms. The molecule has 4 heteroatoms. The van der Waals surface area contributed by atoms with Crippen molar-refractivity contribution in [3.63, 3.8) is 0 Å². The lowest BCUT2D eigenvalue weighted by Gasteiger charge is -2.43. The van der Waals surface area contributed by atoms with Gasteiger partial charge in [0.2, 0.25) is 0 Å². The summed E-state index contributed by atoms with van der Waals surface area (Å²) in [6.07, 6.45) is 0. The first-order valence-electron chi connectivity index (χ1n) is 13.0. The number of rotatable bonds is 3. The summed E-state index contributed by atoms with van der Waals surface area (Å²) in [6, 6.07) is 39.7. The normalized spacial score (nSPS) is 14.2. The van der Waals surface area contributed by atoms with E-state index in [2.05, 4.69) is 133 Å². The summed E-state index contributed by atoms with van der Waals surface area (Å²) in [6.45, 7) is 4.40. The molecule has 0 unspecified atom stereocenters. The van der Waals surface area contributed by atoms with Crippen LogP contribution in [0.3, 0.4) is 0 Å². The Labute approximate surface area is 219 Å². The summed E-state index contributed by atoms with van der Waals surface area (Å²) >= 11 is 0. The molecular weight excluding hydrogens is 446 g/mol. The van der Waals surface area contributed by atoms with E-state index >= 15 is 0 Å². The zero-order chi connectivity index (χ0) is 24.9. The van der Waals surface area contributed by atoms with Crippen molar-refractivity contribution in [3.8, 4) is 11.1 Å². The van der Waals surface area contributed by atoms with Crippen molar-refractivity contribution < 1.29 is 0 Å². The minimum absolute atomic E-state index is 0.206. The molecule has 0 saturated carbocycles. The predicted molar refractivity (Wildman–Crippen MR) is 158 cm³/mol. The van der Waals surface area contributed by atoms with E-state index < -0.39 is 5.31 Å². The third-order valence-corrected chi connectivity index (χ3v) is 8.20. The van der Waals surface area contributed by atoms with Gasteiger partial charge in [-0.15, -0.1) is 0 Å². The first-order chi connectivity index (χ1) is 18.0. The third kappa shape index (κ3) is 2.73. The molecule has 2 nitrogen and oxygen atoms in total. The monoisotopic (exact) mass is 470 g/mol. The smallest absolute Gasteiger partial charge is 0.253 e. The zero-order valence-corrected chi connectivity index (χ0v) is 20.9. The molecule has 0 bridgehead atoms. The Kier molecular flexibility index (Phi) is 4.08. The van der Waals surface area contributed by atoms with Gasteiger partial charge in [-0.25, -0.2) is 0 Å². The molecule has 5 aromatic carbocycles. The Morgan fingerprint density at radius 2 is 1.00 bits per heavy atom. The second-order valence-electron chi connectivity index (χ2n) is 10.9. The Morgan fingerprint density at radius 1 is 0.541 bits per heavy atom. The molecule has 0 fully saturated rings. The lowest BCUT2D eigenvalue weighted by atomic mass is 9.35. The SMILES string of the molecule is [B]C(C)(C)c1cc2c3c(c1)N(c1ccccc1)c1cccc4c1B3c1c-4cccc1N2c1ccccc1. The predicted octanol–water partition coefficient (Wildman–Crippen LogP) is 6.15. The molecule has 0 amide bonds. The Hall–Kier alpha value is -4.17. The van der Waals surface area contributed by atoms with Crippen LogP contribution in [0.2, 0.25) is 0 Å². The Balaban J connectivity index is 1.56. The quantitative estimate of drug-likeness (QED) is 0.286. The van der Waals surface area contributed by atoms with Crippen LogP contribution in [0.5, 0.6) is 0 Å². The first-order valence-corrected chi connectivity index (χ1v) is 13.0. The molecule has 3 aliphatic heterocycles. The van der Waals surface area contributed by atoms with Gasteiger partial charge < -0.3 is 9.80 Å². The molecule has 2 radical (unpaired) electrons. The molecule has 8 rings (SSSR count). The highest BCUT2D eigenvalue weighted by atomic mass is 15.2. The molecule has 3 aliphatic rings. The van der Waals surface area contributed by atoms with Crippen LogP contribution < -0.4 is 26.2 Å². The van der Waals surface area contributed by atoms with E-state index in [1.54, 1.807) is 0 Å². The summed E-state index contributed by atoms with van der Waals surface area (Å²) < 4.78 is 0. The van der Waals surface area contributed by atoms with Crippen molar-refractivity contribution in [3.05, 3.63) is 115 Å². The van der Waals surface area contributed by atoms with E-state index in [-0.39, 0.29) is 6.71 Å². The molecule has 172 valence electrons. The van der Waals surface area contributed by atoms with Crippen molar-refractivity contribution in [2.24, 2.45) is 0 Å². The molecule has 0 saturated heterocycles. The van der Waals surface area contributed by atoms with Crippen LogP contribution >= 0.6 is 0 Å². The van der Waals surface area contributed by atoms with Crippen LogP contribution in [-0.2, 0) is 5.31 Å². The van der Waals surface area contributed by atoms with Crippen LogP contribution in [0.15, 0.2) is 109 Å². The van der Waals surface area contributed by atoms with E-state index in [4.69, 9.17) is 7.85 Å². The molecule has 0 aromatic heterocycles. The number of para-hydroxylation sites is 2. The molecule has 0 N–H and O–H groups in total. The van der Waals surface area contributed by atoms with E-state index in [0.29, 0.717) is 0 Å². The van der Waals surface area contributed by atoms with E-state index in [1.165, 1.54) is 50.3 Å². The third-order valence-electron chi connectivity index (χ3n) is 8.20. The second-order valence-corrected chi connectivity index (χ2v) is 10.9. The van der Waals surface area contributed by atoms with Gasteiger partial charge in [0.1, 0.15) is 0 Å². The molecule has 0 atom stereocenters.